The van der Waals surface area contributed by atoms with Crippen LogP contribution in [0, 0.1) is 0 Å². The Morgan fingerprint density at radius 2 is 1.95 bits per heavy atom. The summed E-state index contributed by atoms with van der Waals surface area (Å²) in [5.41, 5.74) is 3.62. The van der Waals surface area contributed by atoms with Gasteiger partial charge in [0.25, 0.3) is 5.91 Å². The second-order valence-electron chi connectivity index (χ2n) is 4.15. The van der Waals surface area contributed by atoms with Crippen LogP contribution in [-0.2, 0) is 0 Å². The van der Waals surface area contributed by atoms with Crippen LogP contribution in [0.1, 0.15) is 22.8 Å². The van der Waals surface area contributed by atoms with Crippen LogP contribution >= 0.6 is 11.6 Å². The molecule has 1 amide bonds. The maximum Gasteiger partial charge on any atom is 0.272 e. The number of carbonyl (C=O) groups is 1. The van der Waals surface area contributed by atoms with Gasteiger partial charge in [-0.1, -0.05) is 35.9 Å². The van der Waals surface area contributed by atoms with Gasteiger partial charge < -0.3 is 4.74 Å². The highest BCUT2D eigenvalue weighted by Gasteiger charge is 2.08. The third-order valence-corrected chi connectivity index (χ3v) is 3.04. The molecule has 1 N–H and O–H groups in total. The van der Waals surface area contributed by atoms with Gasteiger partial charge in [0.1, 0.15) is 5.75 Å². The molecule has 2 aromatic rings. The van der Waals surface area contributed by atoms with Crippen molar-refractivity contribution < 1.29 is 9.53 Å². The van der Waals surface area contributed by atoms with E-state index in [-0.39, 0.29) is 5.91 Å². The lowest BCUT2D eigenvalue weighted by molar-refractivity contribution is 0.0955. The number of hydrogen-bond acceptors (Lipinski definition) is 3. The fourth-order valence-corrected chi connectivity index (χ4v) is 1.96. The van der Waals surface area contributed by atoms with E-state index in [0.29, 0.717) is 17.2 Å². The molecule has 0 aliphatic rings. The Labute approximate surface area is 128 Å². The Morgan fingerprint density at radius 3 is 2.71 bits per heavy atom. The van der Waals surface area contributed by atoms with Crippen LogP contribution in [0.25, 0.3) is 0 Å². The molecule has 0 aliphatic heterocycles. The van der Waals surface area contributed by atoms with Crippen molar-refractivity contribution in [3.8, 4) is 5.75 Å². The molecule has 4 nitrogen and oxygen atoms in total. The smallest absolute Gasteiger partial charge is 0.272 e. The van der Waals surface area contributed by atoms with Crippen molar-refractivity contribution in [1.82, 2.24) is 5.43 Å². The first-order chi connectivity index (χ1) is 10.2. The van der Waals surface area contributed by atoms with E-state index in [0.717, 1.165) is 11.3 Å². The minimum atomic E-state index is -0.356. The third-order valence-electron chi connectivity index (χ3n) is 2.71. The number of ether oxygens (including phenoxy) is 1. The molecule has 0 unspecified atom stereocenters. The van der Waals surface area contributed by atoms with Crippen molar-refractivity contribution in [2.45, 2.75) is 6.92 Å². The molecule has 0 heterocycles. The minimum absolute atomic E-state index is 0.356. The van der Waals surface area contributed by atoms with Crippen LogP contribution in [0.2, 0.25) is 5.02 Å². The van der Waals surface area contributed by atoms with Crippen molar-refractivity contribution >= 4 is 23.7 Å². The summed E-state index contributed by atoms with van der Waals surface area (Å²) in [6, 6.07) is 14.3. The number of amides is 1. The van der Waals surface area contributed by atoms with Crippen molar-refractivity contribution in [2.24, 2.45) is 5.10 Å². The molecule has 0 atom stereocenters. The van der Waals surface area contributed by atoms with Crippen LogP contribution in [0.3, 0.4) is 0 Å². The summed E-state index contributed by atoms with van der Waals surface area (Å²) < 4.78 is 5.47. The number of halogens is 1. The monoisotopic (exact) mass is 302 g/mol. The molecule has 0 saturated carbocycles. The standard InChI is InChI=1S/C16H15ClN2O2/c1-2-21-15-10-6-3-7-12(15)11-18-19-16(20)13-8-4-5-9-14(13)17/h3-11H,2H2,1H3,(H,19,20)/b18-11+. The van der Waals surface area contributed by atoms with Crippen molar-refractivity contribution in [3.05, 3.63) is 64.7 Å². The van der Waals surface area contributed by atoms with Gasteiger partial charge in [-0.05, 0) is 31.2 Å². The maximum absolute atomic E-state index is 11.9. The van der Waals surface area contributed by atoms with Crippen LogP contribution in [0.15, 0.2) is 53.6 Å². The predicted octanol–water partition coefficient (Wildman–Crippen LogP) is 3.50. The van der Waals surface area contributed by atoms with Crippen molar-refractivity contribution in [1.29, 1.82) is 0 Å². The van der Waals surface area contributed by atoms with Gasteiger partial charge in [-0.25, -0.2) is 5.43 Å². The Morgan fingerprint density at radius 1 is 1.24 bits per heavy atom. The molecule has 0 aliphatic carbocycles. The molecule has 2 rings (SSSR count). The number of nitrogens with zero attached hydrogens (tertiary/aromatic N) is 1. The molecule has 5 heteroatoms. The topological polar surface area (TPSA) is 50.7 Å². The molecule has 0 bridgehead atoms. The molecule has 0 saturated heterocycles. The lowest BCUT2D eigenvalue weighted by atomic mass is 10.2. The number of hydrogen-bond donors (Lipinski definition) is 1. The summed E-state index contributed by atoms with van der Waals surface area (Å²) in [6.07, 6.45) is 1.54. The van der Waals surface area contributed by atoms with Gasteiger partial charge in [-0.15, -0.1) is 0 Å². The Hall–Kier alpha value is -2.33. The van der Waals surface area contributed by atoms with Crippen LogP contribution in [-0.4, -0.2) is 18.7 Å². The molecule has 0 spiro atoms. The average Bonchev–Trinajstić information content (AvgIpc) is 2.49. The highest BCUT2D eigenvalue weighted by molar-refractivity contribution is 6.33. The summed E-state index contributed by atoms with van der Waals surface area (Å²) >= 11 is 5.95. The zero-order valence-electron chi connectivity index (χ0n) is 11.5. The zero-order chi connectivity index (χ0) is 15.1. The first-order valence-electron chi connectivity index (χ1n) is 6.52. The van der Waals surface area contributed by atoms with E-state index < -0.39 is 0 Å². The van der Waals surface area contributed by atoms with Crippen LogP contribution < -0.4 is 10.2 Å². The summed E-state index contributed by atoms with van der Waals surface area (Å²) in [4.78, 5) is 11.9. The Balaban J connectivity index is 2.06. The first-order valence-corrected chi connectivity index (χ1v) is 6.90. The molecule has 0 radical (unpaired) electrons. The van der Waals surface area contributed by atoms with Gasteiger partial charge in [-0.2, -0.15) is 5.10 Å². The van der Waals surface area contributed by atoms with Gasteiger partial charge in [0.15, 0.2) is 0 Å². The number of nitrogens with one attached hydrogen (secondary N) is 1. The van der Waals surface area contributed by atoms with E-state index in [9.17, 15) is 4.79 Å². The number of benzene rings is 2. The lowest BCUT2D eigenvalue weighted by Crippen LogP contribution is -2.18. The van der Waals surface area contributed by atoms with E-state index in [1.54, 1.807) is 30.5 Å². The normalized spacial score (nSPS) is 10.6. The summed E-state index contributed by atoms with van der Waals surface area (Å²) in [7, 11) is 0. The summed E-state index contributed by atoms with van der Waals surface area (Å²) in [6.45, 7) is 2.48. The van der Waals surface area contributed by atoms with E-state index in [1.807, 2.05) is 31.2 Å². The van der Waals surface area contributed by atoms with Crippen molar-refractivity contribution in [3.63, 3.8) is 0 Å². The Bertz CT molecular complexity index is 656. The van der Waals surface area contributed by atoms with Gasteiger partial charge in [0.2, 0.25) is 0 Å². The van der Waals surface area contributed by atoms with E-state index in [1.165, 1.54) is 0 Å². The molecular weight excluding hydrogens is 288 g/mol. The second kappa shape index (κ2) is 7.45. The third kappa shape index (κ3) is 4.07. The SMILES string of the molecule is CCOc1ccccc1/C=N/NC(=O)c1ccccc1Cl. The summed E-state index contributed by atoms with van der Waals surface area (Å²) in [5, 5.41) is 4.33. The molecule has 2 aromatic carbocycles. The van der Waals surface area contributed by atoms with Crippen molar-refractivity contribution in [2.75, 3.05) is 6.61 Å². The molecular formula is C16H15ClN2O2. The molecule has 21 heavy (non-hydrogen) atoms. The maximum atomic E-state index is 11.9. The Kier molecular flexibility index (Phi) is 5.35. The highest BCUT2D eigenvalue weighted by Crippen LogP contribution is 2.16. The van der Waals surface area contributed by atoms with E-state index >= 15 is 0 Å². The zero-order valence-corrected chi connectivity index (χ0v) is 12.3. The van der Waals surface area contributed by atoms with Gasteiger partial charge in [0.05, 0.1) is 23.4 Å². The molecule has 0 aromatic heterocycles. The molecule has 0 fully saturated rings. The van der Waals surface area contributed by atoms with E-state index in [4.69, 9.17) is 16.3 Å². The number of para-hydroxylation sites is 1. The lowest BCUT2D eigenvalue weighted by Gasteiger charge is -2.06. The summed E-state index contributed by atoms with van der Waals surface area (Å²) in [5.74, 6) is 0.362. The van der Waals surface area contributed by atoms with Gasteiger partial charge >= 0.3 is 0 Å². The highest BCUT2D eigenvalue weighted by atomic mass is 35.5. The quantitative estimate of drug-likeness (QED) is 0.679. The molecule has 108 valence electrons. The number of carbonyl (C=O) groups excluding carboxylic acids is 1. The predicted molar refractivity (Wildman–Crippen MR) is 84.1 cm³/mol. The number of rotatable bonds is 5. The fourth-order valence-electron chi connectivity index (χ4n) is 1.74. The average molecular weight is 303 g/mol. The van der Waals surface area contributed by atoms with E-state index in [2.05, 4.69) is 10.5 Å². The van der Waals surface area contributed by atoms with Crippen LogP contribution in [0.5, 0.6) is 5.75 Å². The largest absolute Gasteiger partial charge is 0.493 e. The fraction of sp³-hybridized carbons (Fsp3) is 0.125. The second-order valence-corrected chi connectivity index (χ2v) is 4.56. The van der Waals surface area contributed by atoms with Crippen LogP contribution in [0.4, 0.5) is 0 Å². The van der Waals surface area contributed by atoms with Gasteiger partial charge in [-0.3, -0.25) is 4.79 Å². The minimum Gasteiger partial charge on any atom is -0.493 e. The van der Waals surface area contributed by atoms with Gasteiger partial charge in [0, 0.05) is 5.56 Å². The first kappa shape index (κ1) is 15.1. The number of hydrazone groups is 1.